The Hall–Kier alpha value is -1.60. The molecule has 14 heavy (non-hydrogen) atoms. The highest BCUT2D eigenvalue weighted by atomic mass is 35.5. The van der Waals surface area contributed by atoms with Gasteiger partial charge >= 0.3 is 5.69 Å². The van der Waals surface area contributed by atoms with Crippen LogP contribution in [0.25, 0.3) is 0 Å². The fourth-order valence-electron chi connectivity index (χ4n) is 0.801. The Kier molecular flexibility index (Phi) is 3.05. The van der Waals surface area contributed by atoms with Crippen LogP contribution in [0.2, 0.25) is 5.02 Å². The standard InChI is InChI=1S/C6H7ClN4O3/c7-3-1-11(2-4(12)10-8)6(14)9-5(3)13/h1H,2,8H2,(H,10,12)(H,9,13,14). The molecule has 0 saturated heterocycles. The van der Waals surface area contributed by atoms with Crippen LogP contribution in [0, 0.1) is 0 Å². The van der Waals surface area contributed by atoms with Crippen molar-refractivity contribution < 1.29 is 4.79 Å². The van der Waals surface area contributed by atoms with Crippen molar-refractivity contribution in [2.45, 2.75) is 6.54 Å². The third-order valence-electron chi connectivity index (χ3n) is 1.44. The van der Waals surface area contributed by atoms with Gasteiger partial charge < -0.3 is 0 Å². The number of nitrogens with one attached hydrogen (secondary N) is 2. The Labute approximate surface area is 82.5 Å². The number of amides is 1. The molecule has 0 spiro atoms. The van der Waals surface area contributed by atoms with Gasteiger partial charge in [0, 0.05) is 6.20 Å². The molecule has 0 atom stereocenters. The number of carbonyl (C=O) groups is 1. The van der Waals surface area contributed by atoms with E-state index < -0.39 is 17.2 Å². The van der Waals surface area contributed by atoms with Crippen LogP contribution in [0.4, 0.5) is 0 Å². The molecule has 0 aliphatic carbocycles. The van der Waals surface area contributed by atoms with E-state index in [0.717, 1.165) is 10.8 Å². The summed E-state index contributed by atoms with van der Waals surface area (Å²) in [7, 11) is 0. The fraction of sp³-hybridized carbons (Fsp3) is 0.167. The van der Waals surface area contributed by atoms with E-state index in [2.05, 4.69) is 0 Å². The number of aromatic nitrogens is 2. The first kappa shape index (κ1) is 10.5. The van der Waals surface area contributed by atoms with Gasteiger partial charge in [-0.05, 0) is 0 Å². The summed E-state index contributed by atoms with van der Waals surface area (Å²) in [5.41, 5.74) is 0.428. The molecule has 0 radical (unpaired) electrons. The average molecular weight is 219 g/mol. The van der Waals surface area contributed by atoms with Crippen LogP contribution in [-0.2, 0) is 11.3 Å². The number of nitrogens with zero attached hydrogens (tertiary/aromatic N) is 1. The number of carbonyl (C=O) groups excluding carboxylic acids is 1. The highest BCUT2D eigenvalue weighted by molar-refractivity contribution is 6.30. The molecular weight excluding hydrogens is 212 g/mol. The van der Waals surface area contributed by atoms with E-state index >= 15 is 0 Å². The van der Waals surface area contributed by atoms with Gasteiger partial charge in [-0.2, -0.15) is 0 Å². The number of H-pyrrole nitrogens is 1. The quantitative estimate of drug-likeness (QED) is 0.308. The highest BCUT2D eigenvalue weighted by Crippen LogP contribution is 1.94. The van der Waals surface area contributed by atoms with Crippen molar-refractivity contribution in [3.8, 4) is 0 Å². The molecule has 1 rings (SSSR count). The summed E-state index contributed by atoms with van der Waals surface area (Å²) in [6.45, 7) is -0.300. The third kappa shape index (κ3) is 2.21. The van der Waals surface area contributed by atoms with Gasteiger partial charge in [0.05, 0.1) is 0 Å². The number of nitrogens with two attached hydrogens (primary N) is 1. The molecule has 76 valence electrons. The molecular formula is C6H7ClN4O3. The zero-order valence-electron chi connectivity index (χ0n) is 6.91. The first-order valence-electron chi connectivity index (χ1n) is 3.53. The molecule has 1 heterocycles. The largest absolute Gasteiger partial charge is 0.328 e. The fourth-order valence-corrected chi connectivity index (χ4v) is 0.966. The monoisotopic (exact) mass is 218 g/mol. The van der Waals surface area contributed by atoms with E-state index in [9.17, 15) is 14.4 Å². The van der Waals surface area contributed by atoms with Gasteiger partial charge in [-0.25, -0.2) is 10.6 Å². The predicted octanol–water partition coefficient (Wildman–Crippen LogP) is -1.82. The second kappa shape index (κ2) is 4.07. The number of aromatic amines is 1. The van der Waals surface area contributed by atoms with Crippen LogP contribution < -0.4 is 22.5 Å². The Balaban J connectivity index is 3.11. The van der Waals surface area contributed by atoms with Gasteiger partial charge in [-0.15, -0.1) is 0 Å². The summed E-state index contributed by atoms with van der Waals surface area (Å²) in [6, 6.07) is 0. The lowest BCUT2D eigenvalue weighted by Crippen LogP contribution is -2.38. The molecule has 0 aliphatic rings. The summed E-state index contributed by atoms with van der Waals surface area (Å²) in [4.78, 5) is 34.6. The van der Waals surface area contributed by atoms with Gasteiger partial charge in [-0.3, -0.25) is 24.6 Å². The van der Waals surface area contributed by atoms with Crippen LogP contribution >= 0.6 is 11.6 Å². The molecule has 1 amide bonds. The van der Waals surface area contributed by atoms with Crippen molar-refractivity contribution in [2.75, 3.05) is 0 Å². The molecule has 0 aliphatic heterocycles. The van der Waals surface area contributed by atoms with Gasteiger partial charge in [0.2, 0.25) is 0 Å². The molecule has 0 bridgehead atoms. The summed E-state index contributed by atoms with van der Waals surface area (Å²) < 4.78 is 0.936. The first-order chi connectivity index (χ1) is 6.54. The molecule has 4 N–H and O–H groups in total. The summed E-state index contributed by atoms with van der Waals surface area (Å²) in [5, 5.41) is -0.172. The lowest BCUT2D eigenvalue weighted by molar-refractivity contribution is -0.121. The van der Waals surface area contributed by atoms with Crippen molar-refractivity contribution in [3.63, 3.8) is 0 Å². The van der Waals surface area contributed by atoms with Crippen molar-refractivity contribution in [2.24, 2.45) is 5.84 Å². The summed E-state index contributed by atoms with van der Waals surface area (Å²) in [5.74, 6) is 4.24. The smallest absolute Gasteiger partial charge is 0.293 e. The van der Waals surface area contributed by atoms with Crippen LogP contribution in [-0.4, -0.2) is 15.5 Å². The second-order valence-electron chi connectivity index (χ2n) is 2.43. The van der Waals surface area contributed by atoms with E-state index in [1.165, 1.54) is 0 Å². The minimum absolute atomic E-state index is 0.172. The maximum Gasteiger partial charge on any atom is 0.328 e. The normalized spacial score (nSPS) is 9.86. The molecule has 8 heteroatoms. The number of halogens is 1. The van der Waals surface area contributed by atoms with Crippen molar-refractivity contribution >= 4 is 17.5 Å². The van der Waals surface area contributed by atoms with E-state index in [1.54, 1.807) is 0 Å². The van der Waals surface area contributed by atoms with Gasteiger partial charge in [-0.1, -0.05) is 11.6 Å². The molecule has 0 unspecified atom stereocenters. The van der Waals surface area contributed by atoms with Gasteiger partial charge in [0.25, 0.3) is 11.5 Å². The van der Waals surface area contributed by atoms with Gasteiger partial charge in [0.1, 0.15) is 11.6 Å². The molecule has 1 aromatic heterocycles. The van der Waals surface area contributed by atoms with Crippen LogP contribution in [0.1, 0.15) is 0 Å². The highest BCUT2D eigenvalue weighted by Gasteiger charge is 2.05. The van der Waals surface area contributed by atoms with Crippen molar-refractivity contribution in [1.29, 1.82) is 0 Å². The average Bonchev–Trinajstić information content (AvgIpc) is 2.14. The maximum absolute atomic E-state index is 11.1. The minimum atomic E-state index is -0.719. The second-order valence-corrected chi connectivity index (χ2v) is 2.84. The molecule has 0 saturated carbocycles. The van der Waals surface area contributed by atoms with E-state index in [4.69, 9.17) is 17.4 Å². The molecule has 7 nitrogen and oxygen atoms in total. The van der Waals surface area contributed by atoms with Crippen LogP contribution in [0.5, 0.6) is 0 Å². The lowest BCUT2D eigenvalue weighted by atomic mass is 10.5. The Bertz CT molecular complexity index is 463. The SMILES string of the molecule is NNC(=O)Cn1cc(Cl)c(=O)[nH]c1=O. The predicted molar refractivity (Wildman–Crippen MR) is 48.7 cm³/mol. The Morgan fingerprint density at radius 1 is 1.64 bits per heavy atom. The number of hydrogen-bond acceptors (Lipinski definition) is 4. The number of rotatable bonds is 2. The number of hydrazine groups is 1. The molecule has 0 fully saturated rings. The number of hydrogen-bond donors (Lipinski definition) is 3. The Morgan fingerprint density at radius 3 is 2.86 bits per heavy atom. The van der Waals surface area contributed by atoms with Crippen LogP contribution in [0.15, 0.2) is 15.8 Å². The van der Waals surface area contributed by atoms with Crippen molar-refractivity contribution in [1.82, 2.24) is 15.0 Å². The van der Waals surface area contributed by atoms with E-state index in [1.807, 2.05) is 10.4 Å². The zero-order valence-corrected chi connectivity index (χ0v) is 7.67. The van der Waals surface area contributed by atoms with E-state index in [0.29, 0.717) is 0 Å². The van der Waals surface area contributed by atoms with Crippen LogP contribution in [0.3, 0.4) is 0 Å². The Morgan fingerprint density at radius 2 is 2.29 bits per heavy atom. The molecule has 0 aromatic carbocycles. The third-order valence-corrected chi connectivity index (χ3v) is 1.71. The lowest BCUT2D eigenvalue weighted by Gasteiger charge is -2.02. The first-order valence-corrected chi connectivity index (χ1v) is 3.91. The summed E-state index contributed by atoms with van der Waals surface area (Å²) >= 11 is 5.45. The van der Waals surface area contributed by atoms with E-state index in [-0.39, 0.29) is 11.6 Å². The maximum atomic E-state index is 11.1. The van der Waals surface area contributed by atoms with Gasteiger partial charge in [0.15, 0.2) is 0 Å². The molecule has 1 aromatic rings. The topological polar surface area (TPSA) is 110 Å². The summed E-state index contributed by atoms with van der Waals surface area (Å²) in [6.07, 6.45) is 1.07. The van der Waals surface area contributed by atoms with Crippen molar-refractivity contribution in [3.05, 3.63) is 32.1 Å². The minimum Gasteiger partial charge on any atom is -0.293 e. The zero-order chi connectivity index (χ0) is 10.7.